The maximum atomic E-state index is 12.3. The second-order valence-corrected chi connectivity index (χ2v) is 7.91. The molecule has 0 spiro atoms. The van der Waals surface area contributed by atoms with E-state index in [0.717, 1.165) is 42.9 Å². The van der Waals surface area contributed by atoms with Crippen LogP contribution in [0.1, 0.15) is 24.2 Å². The zero-order chi connectivity index (χ0) is 21.6. The average Bonchev–Trinajstić information content (AvgIpc) is 3.25. The fourth-order valence-electron chi connectivity index (χ4n) is 3.76. The molecular weight excluding hydrogens is 392 g/mol. The third-order valence-electron chi connectivity index (χ3n) is 5.60. The summed E-state index contributed by atoms with van der Waals surface area (Å²) in [6.07, 6.45) is 2.05. The first-order valence-corrected chi connectivity index (χ1v) is 10.6. The van der Waals surface area contributed by atoms with Crippen molar-refractivity contribution in [3.8, 4) is 11.4 Å². The standard InChI is InChI=1S/C23H28N6O2/c1-16-25-22(28-27-16)19-3-2-4-20(13-19)26-23(31)24-14-17-5-7-21(8-6-17)29-11-9-18(15-30)10-12-29/h2-8,13,18,30H,9-12,14-15H2,1H3,(H2,24,26,31)(H,25,27,28). The van der Waals surface area contributed by atoms with Gasteiger partial charge in [0, 0.05) is 43.2 Å². The number of benzene rings is 2. The van der Waals surface area contributed by atoms with Crippen molar-refractivity contribution in [2.45, 2.75) is 26.3 Å². The predicted molar refractivity (Wildman–Crippen MR) is 121 cm³/mol. The fourth-order valence-corrected chi connectivity index (χ4v) is 3.76. The Morgan fingerprint density at radius 2 is 1.97 bits per heavy atom. The summed E-state index contributed by atoms with van der Waals surface area (Å²) in [6.45, 7) is 4.51. The molecule has 8 heteroatoms. The summed E-state index contributed by atoms with van der Waals surface area (Å²) in [5, 5.41) is 22.0. The van der Waals surface area contributed by atoms with Gasteiger partial charge in [-0.05, 0) is 55.5 Å². The number of urea groups is 1. The summed E-state index contributed by atoms with van der Waals surface area (Å²) < 4.78 is 0. The lowest BCUT2D eigenvalue weighted by Gasteiger charge is -2.33. The molecule has 8 nitrogen and oxygen atoms in total. The van der Waals surface area contributed by atoms with Crippen molar-refractivity contribution in [1.29, 1.82) is 0 Å². The van der Waals surface area contributed by atoms with Crippen molar-refractivity contribution < 1.29 is 9.90 Å². The Kier molecular flexibility index (Phi) is 6.47. The molecule has 2 heterocycles. The van der Waals surface area contributed by atoms with Gasteiger partial charge in [0.25, 0.3) is 0 Å². The number of carbonyl (C=O) groups excluding carboxylic acids is 1. The molecule has 0 bridgehead atoms. The van der Waals surface area contributed by atoms with Crippen LogP contribution in [0.3, 0.4) is 0 Å². The smallest absolute Gasteiger partial charge is 0.319 e. The summed E-state index contributed by atoms with van der Waals surface area (Å²) in [6, 6.07) is 15.4. The molecule has 0 radical (unpaired) electrons. The van der Waals surface area contributed by atoms with Gasteiger partial charge in [-0.1, -0.05) is 24.3 Å². The normalized spacial score (nSPS) is 14.5. The number of carbonyl (C=O) groups is 1. The molecule has 1 aliphatic heterocycles. The Labute approximate surface area is 181 Å². The molecule has 0 atom stereocenters. The second-order valence-electron chi connectivity index (χ2n) is 7.91. The number of H-pyrrole nitrogens is 1. The number of aliphatic hydroxyl groups is 1. The van der Waals surface area contributed by atoms with Crippen molar-refractivity contribution >= 4 is 17.4 Å². The van der Waals surface area contributed by atoms with Crippen LogP contribution in [0.25, 0.3) is 11.4 Å². The minimum absolute atomic E-state index is 0.265. The van der Waals surface area contributed by atoms with E-state index < -0.39 is 0 Å². The molecule has 1 saturated heterocycles. The van der Waals surface area contributed by atoms with Crippen molar-refractivity contribution in [2.75, 3.05) is 29.9 Å². The number of aliphatic hydroxyl groups excluding tert-OH is 1. The van der Waals surface area contributed by atoms with Crippen LogP contribution in [0.4, 0.5) is 16.2 Å². The van der Waals surface area contributed by atoms with Crippen LogP contribution in [0.2, 0.25) is 0 Å². The number of aryl methyl sites for hydroxylation is 1. The van der Waals surface area contributed by atoms with E-state index in [-0.39, 0.29) is 12.6 Å². The van der Waals surface area contributed by atoms with E-state index in [1.807, 2.05) is 43.3 Å². The Morgan fingerprint density at radius 3 is 2.65 bits per heavy atom. The largest absolute Gasteiger partial charge is 0.396 e. The van der Waals surface area contributed by atoms with E-state index in [4.69, 9.17) is 0 Å². The van der Waals surface area contributed by atoms with Gasteiger partial charge in [0.1, 0.15) is 5.82 Å². The van der Waals surface area contributed by atoms with Gasteiger partial charge in [0.05, 0.1) is 0 Å². The summed E-state index contributed by atoms with van der Waals surface area (Å²) in [5.41, 5.74) is 3.73. The number of hydrogen-bond donors (Lipinski definition) is 4. The highest BCUT2D eigenvalue weighted by molar-refractivity contribution is 5.89. The molecule has 0 saturated carbocycles. The van der Waals surface area contributed by atoms with Gasteiger partial charge in [0.2, 0.25) is 0 Å². The third-order valence-corrected chi connectivity index (χ3v) is 5.60. The zero-order valence-corrected chi connectivity index (χ0v) is 17.6. The van der Waals surface area contributed by atoms with Gasteiger partial charge in [-0.15, -0.1) is 0 Å². The van der Waals surface area contributed by atoms with Crippen LogP contribution in [0.15, 0.2) is 48.5 Å². The number of rotatable bonds is 6. The zero-order valence-electron chi connectivity index (χ0n) is 17.6. The van der Waals surface area contributed by atoms with Crippen molar-refractivity contribution in [3.63, 3.8) is 0 Å². The number of piperidine rings is 1. The van der Waals surface area contributed by atoms with Crippen molar-refractivity contribution in [2.24, 2.45) is 5.92 Å². The predicted octanol–water partition coefficient (Wildman–Crippen LogP) is 3.31. The van der Waals surface area contributed by atoms with Crippen LogP contribution in [0.5, 0.6) is 0 Å². The molecule has 0 aliphatic carbocycles. The molecule has 4 N–H and O–H groups in total. The molecular formula is C23H28N6O2. The van der Waals surface area contributed by atoms with Crippen LogP contribution in [-0.2, 0) is 6.54 Å². The summed E-state index contributed by atoms with van der Waals surface area (Å²) in [4.78, 5) is 19.0. The molecule has 4 rings (SSSR count). The summed E-state index contributed by atoms with van der Waals surface area (Å²) in [7, 11) is 0. The van der Waals surface area contributed by atoms with Gasteiger partial charge in [-0.2, -0.15) is 5.10 Å². The third kappa shape index (κ3) is 5.40. The van der Waals surface area contributed by atoms with Gasteiger partial charge < -0.3 is 20.6 Å². The van der Waals surface area contributed by atoms with Crippen LogP contribution in [-0.4, -0.2) is 46.0 Å². The number of nitrogens with zero attached hydrogens (tertiary/aromatic N) is 3. The molecule has 1 aliphatic rings. The number of anilines is 2. The van der Waals surface area contributed by atoms with Crippen molar-refractivity contribution in [1.82, 2.24) is 20.5 Å². The Balaban J connectivity index is 1.28. The van der Waals surface area contributed by atoms with Crippen LogP contribution >= 0.6 is 0 Å². The van der Waals surface area contributed by atoms with Gasteiger partial charge in [-0.25, -0.2) is 9.78 Å². The number of amides is 2. The lowest BCUT2D eigenvalue weighted by atomic mass is 9.97. The Bertz CT molecular complexity index is 1010. The maximum absolute atomic E-state index is 12.3. The highest BCUT2D eigenvalue weighted by Crippen LogP contribution is 2.23. The van der Waals surface area contributed by atoms with E-state index in [2.05, 4.69) is 42.8 Å². The second kappa shape index (κ2) is 9.61. The fraction of sp³-hybridized carbons (Fsp3) is 0.348. The van der Waals surface area contributed by atoms with E-state index in [1.54, 1.807) is 0 Å². The maximum Gasteiger partial charge on any atom is 0.319 e. The molecule has 0 unspecified atom stereocenters. The molecule has 1 aromatic heterocycles. The van der Waals surface area contributed by atoms with E-state index in [1.165, 1.54) is 5.69 Å². The number of aromatic nitrogens is 3. The molecule has 2 amide bonds. The minimum Gasteiger partial charge on any atom is -0.396 e. The van der Waals surface area contributed by atoms with Crippen LogP contribution in [0, 0.1) is 12.8 Å². The lowest BCUT2D eigenvalue weighted by Crippen LogP contribution is -2.34. The summed E-state index contributed by atoms with van der Waals surface area (Å²) in [5.74, 6) is 1.77. The highest BCUT2D eigenvalue weighted by Gasteiger charge is 2.18. The summed E-state index contributed by atoms with van der Waals surface area (Å²) >= 11 is 0. The van der Waals surface area contributed by atoms with E-state index in [9.17, 15) is 9.90 Å². The number of aromatic amines is 1. The van der Waals surface area contributed by atoms with Gasteiger partial charge >= 0.3 is 6.03 Å². The quantitative estimate of drug-likeness (QED) is 0.490. The number of hydrogen-bond acceptors (Lipinski definition) is 5. The first-order chi connectivity index (χ1) is 15.1. The highest BCUT2D eigenvalue weighted by atomic mass is 16.3. The van der Waals surface area contributed by atoms with Crippen molar-refractivity contribution in [3.05, 3.63) is 59.9 Å². The van der Waals surface area contributed by atoms with Gasteiger partial charge in [-0.3, -0.25) is 5.10 Å². The average molecular weight is 421 g/mol. The molecule has 1 fully saturated rings. The SMILES string of the molecule is Cc1nc(-c2cccc(NC(=O)NCc3ccc(N4CCC(CO)CC4)cc3)c2)n[nH]1. The molecule has 2 aromatic carbocycles. The first kappa shape index (κ1) is 20.9. The molecule has 31 heavy (non-hydrogen) atoms. The first-order valence-electron chi connectivity index (χ1n) is 10.6. The van der Waals surface area contributed by atoms with Crippen LogP contribution < -0.4 is 15.5 Å². The molecule has 162 valence electrons. The monoisotopic (exact) mass is 420 g/mol. The van der Waals surface area contributed by atoms with Gasteiger partial charge in [0.15, 0.2) is 5.82 Å². The minimum atomic E-state index is -0.265. The Morgan fingerprint density at radius 1 is 1.19 bits per heavy atom. The van der Waals surface area contributed by atoms with E-state index in [0.29, 0.717) is 24.0 Å². The Hall–Kier alpha value is -3.39. The number of nitrogens with one attached hydrogen (secondary N) is 3. The molecule has 3 aromatic rings. The van der Waals surface area contributed by atoms with E-state index >= 15 is 0 Å². The lowest BCUT2D eigenvalue weighted by molar-refractivity contribution is 0.203. The topological polar surface area (TPSA) is 106 Å².